The van der Waals surface area contributed by atoms with Crippen molar-refractivity contribution in [3.63, 3.8) is 0 Å². The van der Waals surface area contributed by atoms with E-state index in [0.717, 1.165) is 10.5 Å². The van der Waals surface area contributed by atoms with Gasteiger partial charge in [0.05, 0.1) is 13.3 Å². The van der Waals surface area contributed by atoms with Crippen LogP contribution in [0.2, 0.25) is 0 Å². The van der Waals surface area contributed by atoms with E-state index in [4.69, 9.17) is 9.15 Å². The first kappa shape index (κ1) is 18.7. The van der Waals surface area contributed by atoms with E-state index >= 15 is 0 Å². The number of hydrogen-bond donors (Lipinski definition) is 1. The van der Waals surface area contributed by atoms with E-state index in [0.29, 0.717) is 29.4 Å². The number of urea groups is 1. The van der Waals surface area contributed by atoms with Gasteiger partial charge in [-0.05, 0) is 24.1 Å². The molecule has 2 heterocycles. The number of nitrogens with zero attached hydrogens (tertiary/aromatic N) is 2. The summed E-state index contributed by atoms with van der Waals surface area (Å²) in [5.41, 5.74) is 0.474. The summed E-state index contributed by atoms with van der Waals surface area (Å²) < 4.78 is 10.9. The SMILES string of the molecule is CC[C@@]1(c2ccc(OC)cc2)NC(=O)N(Cc2ncc(-c3ccccc3)o2)C1=O. The summed E-state index contributed by atoms with van der Waals surface area (Å²) >= 11 is 0. The Morgan fingerprint density at radius 2 is 1.83 bits per heavy atom. The van der Waals surface area contributed by atoms with Gasteiger partial charge in [-0.2, -0.15) is 0 Å². The van der Waals surface area contributed by atoms with Crippen LogP contribution < -0.4 is 10.1 Å². The molecule has 1 atom stereocenters. The summed E-state index contributed by atoms with van der Waals surface area (Å²) in [5, 5.41) is 2.86. The molecule has 1 fully saturated rings. The van der Waals surface area contributed by atoms with Crippen molar-refractivity contribution in [2.24, 2.45) is 0 Å². The monoisotopic (exact) mass is 391 g/mol. The Morgan fingerprint density at radius 1 is 1.10 bits per heavy atom. The van der Waals surface area contributed by atoms with E-state index in [9.17, 15) is 9.59 Å². The molecule has 7 heteroatoms. The third kappa shape index (κ3) is 3.24. The minimum Gasteiger partial charge on any atom is -0.497 e. The van der Waals surface area contributed by atoms with Crippen molar-refractivity contribution in [2.75, 3.05) is 7.11 Å². The zero-order valence-electron chi connectivity index (χ0n) is 16.2. The van der Waals surface area contributed by atoms with Gasteiger partial charge in [0.2, 0.25) is 5.89 Å². The van der Waals surface area contributed by atoms with Crippen molar-refractivity contribution in [3.05, 3.63) is 72.2 Å². The topological polar surface area (TPSA) is 84.7 Å². The number of imide groups is 1. The van der Waals surface area contributed by atoms with E-state index in [2.05, 4.69) is 10.3 Å². The maximum atomic E-state index is 13.2. The minimum atomic E-state index is -1.11. The Kier molecular flexibility index (Phi) is 4.80. The lowest BCUT2D eigenvalue weighted by Crippen LogP contribution is -2.43. The third-order valence-corrected chi connectivity index (χ3v) is 5.19. The number of carbonyl (C=O) groups is 2. The zero-order chi connectivity index (χ0) is 20.4. The molecule has 1 aromatic heterocycles. The van der Waals surface area contributed by atoms with Gasteiger partial charge < -0.3 is 14.5 Å². The number of methoxy groups -OCH3 is 1. The van der Waals surface area contributed by atoms with Crippen LogP contribution in [0.25, 0.3) is 11.3 Å². The van der Waals surface area contributed by atoms with Crippen LogP contribution in [0.15, 0.2) is 65.2 Å². The number of aromatic nitrogens is 1. The Balaban J connectivity index is 1.58. The maximum absolute atomic E-state index is 13.2. The average molecular weight is 391 g/mol. The van der Waals surface area contributed by atoms with Crippen LogP contribution in [0.4, 0.5) is 4.79 Å². The van der Waals surface area contributed by atoms with E-state index in [1.807, 2.05) is 37.3 Å². The number of nitrogens with one attached hydrogen (secondary N) is 1. The van der Waals surface area contributed by atoms with Crippen molar-refractivity contribution < 1.29 is 18.7 Å². The summed E-state index contributed by atoms with van der Waals surface area (Å²) in [6.45, 7) is 1.83. The molecule has 0 aliphatic carbocycles. The molecule has 2 aromatic carbocycles. The summed E-state index contributed by atoms with van der Waals surface area (Å²) in [7, 11) is 1.58. The van der Waals surface area contributed by atoms with Gasteiger partial charge >= 0.3 is 6.03 Å². The van der Waals surface area contributed by atoms with Crippen molar-refractivity contribution in [1.29, 1.82) is 0 Å². The summed E-state index contributed by atoms with van der Waals surface area (Å²) in [5.74, 6) is 1.25. The smallest absolute Gasteiger partial charge is 0.325 e. The molecule has 1 aliphatic rings. The fourth-order valence-electron chi connectivity index (χ4n) is 3.54. The van der Waals surface area contributed by atoms with Gasteiger partial charge in [-0.3, -0.25) is 9.69 Å². The Morgan fingerprint density at radius 3 is 2.48 bits per heavy atom. The van der Waals surface area contributed by atoms with Gasteiger partial charge in [0, 0.05) is 5.56 Å². The highest BCUT2D eigenvalue weighted by atomic mass is 16.5. The normalized spacial score (nSPS) is 18.8. The number of hydrogen-bond acceptors (Lipinski definition) is 5. The van der Waals surface area contributed by atoms with Crippen LogP contribution >= 0.6 is 0 Å². The van der Waals surface area contributed by atoms with E-state index in [-0.39, 0.29) is 12.5 Å². The first-order valence-corrected chi connectivity index (χ1v) is 9.36. The summed E-state index contributed by atoms with van der Waals surface area (Å²) in [6, 6.07) is 16.2. The van der Waals surface area contributed by atoms with Gasteiger partial charge in [-0.1, -0.05) is 49.4 Å². The van der Waals surface area contributed by atoms with Crippen molar-refractivity contribution in [2.45, 2.75) is 25.4 Å². The number of benzene rings is 2. The summed E-state index contributed by atoms with van der Waals surface area (Å²) in [4.78, 5) is 31.3. The Bertz CT molecular complexity index is 1030. The lowest BCUT2D eigenvalue weighted by molar-refractivity contribution is -0.132. The molecule has 1 saturated heterocycles. The molecular weight excluding hydrogens is 370 g/mol. The predicted molar refractivity (Wildman–Crippen MR) is 106 cm³/mol. The van der Waals surface area contributed by atoms with Crippen LogP contribution in [0.5, 0.6) is 5.75 Å². The standard InChI is InChI=1S/C22H21N3O4/c1-3-22(16-9-11-17(28-2)12-10-16)20(26)25(21(27)24-22)14-19-23-13-18(29-19)15-7-5-4-6-8-15/h4-13H,3,14H2,1-2H3,(H,24,27)/t22-/m0/s1. The second-order valence-electron chi connectivity index (χ2n) is 6.79. The zero-order valence-corrected chi connectivity index (χ0v) is 16.2. The van der Waals surface area contributed by atoms with Gasteiger partial charge in [0.25, 0.3) is 5.91 Å². The van der Waals surface area contributed by atoms with Crippen molar-refractivity contribution in [3.8, 4) is 17.1 Å². The second kappa shape index (κ2) is 7.43. The van der Waals surface area contributed by atoms with Gasteiger partial charge in [0.15, 0.2) is 5.76 Å². The third-order valence-electron chi connectivity index (χ3n) is 5.19. The van der Waals surface area contributed by atoms with E-state index in [1.54, 1.807) is 37.6 Å². The fraction of sp³-hybridized carbons (Fsp3) is 0.227. The number of ether oxygens (including phenoxy) is 1. The molecule has 0 radical (unpaired) electrons. The van der Waals surface area contributed by atoms with E-state index < -0.39 is 11.6 Å². The van der Waals surface area contributed by atoms with Crippen molar-refractivity contribution in [1.82, 2.24) is 15.2 Å². The number of carbonyl (C=O) groups excluding carboxylic acids is 2. The second-order valence-corrected chi connectivity index (χ2v) is 6.79. The molecule has 0 spiro atoms. The molecule has 0 bridgehead atoms. The van der Waals surface area contributed by atoms with Gasteiger partial charge in [0.1, 0.15) is 17.8 Å². The highest BCUT2D eigenvalue weighted by Gasteiger charge is 2.51. The molecule has 4 rings (SSSR count). The molecule has 29 heavy (non-hydrogen) atoms. The molecule has 0 unspecified atom stereocenters. The van der Waals surface area contributed by atoms with Crippen LogP contribution in [0.3, 0.4) is 0 Å². The predicted octanol–water partition coefficient (Wildman–Crippen LogP) is 3.71. The molecular formula is C22H21N3O4. The average Bonchev–Trinajstić information content (AvgIpc) is 3.33. The van der Waals surface area contributed by atoms with E-state index in [1.165, 1.54) is 0 Å². The molecule has 7 nitrogen and oxygen atoms in total. The van der Waals surface area contributed by atoms with Crippen molar-refractivity contribution >= 4 is 11.9 Å². The quantitative estimate of drug-likeness (QED) is 0.648. The molecule has 3 amide bonds. The highest BCUT2D eigenvalue weighted by molar-refractivity contribution is 6.07. The first-order chi connectivity index (χ1) is 14.1. The van der Waals surface area contributed by atoms with Crippen LogP contribution in [-0.2, 0) is 16.9 Å². The molecule has 148 valence electrons. The molecule has 0 saturated carbocycles. The molecule has 3 aromatic rings. The first-order valence-electron chi connectivity index (χ1n) is 9.36. The van der Waals surface area contributed by atoms with Crippen LogP contribution in [0, 0.1) is 0 Å². The Hall–Kier alpha value is -3.61. The maximum Gasteiger partial charge on any atom is 0.325 e. The van der Waals surface area contributed by atoms with Gasteiger partial charge in [-0.25, -0.2) is 9.78 Å². The van der Waals surface area contributed by atoms with Crippen LogP contribution in [-0.4, -0.2) is 28.9 Å². The lowest BCUT2D eigenvalue weighted by Gasteiger charge is -2.25. The largest absolute Gasteiger partial charge is 0.497 e. The van der Waals surface area contributed by atoms with Crippen LogP contribution in [0.1, 0.15) is 24.8 Å². The minimum absolute atomic E-state index is 0.0323. The summed E-state index contributed by atoms with van der Waals surface area (Å²) in [6.07, 6.45) is 2.01. The highest BCUT2D eigenvalue weighted by Crippen LogP contribution is 2.34. The number of oxazole rings is 1. The van der Waals surface area contributed by atoms with Gasteiger partial charge in [-0.15, -0.1) is 0 Å². The fourth-order valence-corrected chi connectivity index (χ4v) is 3.54. The number of amides is 3. The number of rotatable bonds is 6. The lowest BCUT2D eigenvalue weighted by atomic mass is 9.87. The Labute approximate surface area is 168 Å². The molecule has 1 aliphatic heterocycles. The molecule has 1 N–H and O–H groups in total.